The molecule has 1 fully saturated rings. The smallest absolute Gasteiger partial charge is 0.236 e. The summed E-state index contributed by atoms with van der Waals surface area (Å²) in [5, 5.41) is 9.00. The molecule has 0 aromatic heterocycles. The second kappa shape index (κ2) is 5.31. The number of nitrogens with zero attached hydrogens (tertiary/aromatic N) is 3. The quantitative estimate of drug-likeness (QED) is 0.719. The van der Waals surface area contributed by atoms with Gasteiger partial charge in [-0.1, -0.05) is 0 Å². The third-order valence-corrected chi connectivity index (χ3v) is 3.49. The molecule has 1 rings (SSSR count). The van der Waals surface area contributed by atoms with E-state index >= 15 is 0 Å². The molecule has 16 heavy (non-hydrogen) atoms. The maximum atomic E-state index is 11.7. The molecule has 0 unspecified atom stereocenters. The molecular formula is C12H21N3O. The van der Waals surface area contributed by atoms with Crippen LogP contribution in [0.15, 0.2) is 0 Å². The van der Waals surface area contributed by atoms with Crippen molar-refractivity contribution >= 4 is 5.91 Å². The van der Waals surface area contributed by atoms with E-state index in [1.54, 1.807) is 4.90 Å². The Kier molecular flexibility index (Phi) is 4.31. The van der Waals surface area contributed by atoms with E-state index in [1.807, 2.05) is 20.9 Å². The van der Waals surface area contributed by atoms with Crippen molar-refractivity contribution in [3.05, 3.63) is 0 Å². The second-order valence-electron chi connectivity index (χ2n) is 4.86. The van der Waals surface area contributed by atoms with Gasteiger partial charge in [-0.25, -0.2) is 0 Å². The van der Waals surface area contributed by atoms with Crippen molar-refractivity contribution in [2.75, 3.05) is 33.2 Å². The second-order valence-corrected chi connectivity index (χ2v) is 4.86. The zero-order valence-corrected chi connectivity index (χ0v) is 10.5. The van der Waals surface area contributed by atoms with Gasteiger partial charge in [0, 0.05) is 26.7 Å². The van der Waals surface area contributed by atoms with Gasteiger partial charge >= 0.3 is 0 Å². The van der Waals surface area contributed by atoms with Gasteiger partial charge in [0.15, 0.2) is 0 Å². The van der Waals surface area contributed by atoms with Gasteiger partial charge in [0.1, 0.15) is 0 Å². The number of piperidine rings is 1. The molecule has 0 aromatic rings. The summed E-state index contributed by atoms with van der Waals surface area (Å²) < 4.78 is 0. The molecule has 90 valence electrons. The molecule has 0 N–H and O–H groups in total. The molecule has 1 aliphatic heterocycles. The van der Waals surface area contributed by atoms with Crippen molar-refractivity contribution in [3.63, 3.8) is 0 Å². The van der Waals surface area contributed by atoms with Gasteiger partial charge in [-0.15, -0.1) is 0 Å². The lowest BCUT2D eigenvalue weighted by molar-refractivity contribution is -0.131. The maximum absolute atomic E-state index is 11.7. The summed E-state index contributed by atoms with van der Waals surface area (Å²) in [6.07, 6.45) is 1.74. The molecule has 1 amide bonds. The molecule has 0 aromatic carbocycles. The number of likely N-dealkylation sites (tertiary alicyclic amines) is 1. The van der Waals surface area contributed by atoms with Crippen LogP contribution in [0.2, 0.25) is 0 Å². The van der Waals surface area contributed by atoms with Crippen molar-refractivity contribution < 1.29 is 4.79 Å². The Labute approximate surface area is 97.8 Å². The fourth-order valence-electron chi connectivity index (χ4n) is 1.80. The Morgan fingerprint density at radius 1 is 1.50 bits per heavy atom. The summed E-state index contributed by atoms with van der Waals surface area (Å²) in [6, 6.07) is 2.37. The van der Waals surface area contributed by atoms with Crippen LogP contribution in [-0.4, -0.2) is 48.9 Å². The van der Waals surface area contributed by atoms with Crippen LogP contribution >= 0.6 is 0 Å². The summed E-state index contributed by atoms with van der Waals surface area (Å²) in [7, 11) is 1.83. The van der Waals surface area contributed by atoms with Gasteiger partial charge in [-0.3, -0.25) is 9.69 Å². The molecule has 1 saturated heterocycles. The van der Waals surface area contributed by atoms with Crippen molar-refractivity contribution in [3.8, 4) is 6.07 Å². The zero-order chi connectivity index (χ0) is 12.2. The first-order chi connectivity index (χ1) is 7.50. The molecule has 4 heteroatoms. The van der Waals surface area contributed by atoms with E-state index in [4.69, 9.17) is 5.26 Å². The number of rotatable bonds is 3. The minimum Gasteiger partial charge on any atom is -0.345 e. The number of carbonyl (C=O) groups is 1. The third kappa shape index (κ3) is 3.21. The van der Waals surface area contributed by atoms with Crippen molar-refractivity contribution in [1.82, 2.24) is 9.80 Å². The Hall–Kier alpha value is -1.08. The minimum absolute atomic E-state index is 0.170. The molecule has 1 heterocycles. The molecule has 0 radical (unpaired) electrons. The van der Waals surface area contributed by atoms with E-state index in [1.165, 1.54) is 0 Å². The first kappa shape index (κ1) is 13.0. The van der Waals surface area contributed by atoms with Gasteiger partial charge in [0.25, 0.3) is 0 Å². The molecule has 0 spiro atoms. The van der Waals surface area contributed by atoms with Crippen LogP contribution in [0.4, 0.5) is 0 Å². The number of nitriles is 1. The van der Waals surface area contributed by atoms with Crippen LogP contribution in [0.3, 0.4) is 0 Å². The highest BCUT2D eigenvalue weighted by atomic mass is 16.2. The van der Waals surface area contributed by atoms with Crippen LogP contribution in [0.25, 0.3) is 0 Å². The topological polar surface area (TPSA) is 47.3 Å². The van der Waals surface area contributed by atoms with Gasteiger partial charge < -0.3 is 4.90 Å². The summed E-state index contributed by atoms with van der Waals surface area (Å²) in [6.45, 7) is 6.93. The monoisotopic (exact) mass is 223 g/mol. The summed E-state index contributed by atoms with van der Waals surface area (Å²) in [5.41, 5.74) is -0.184. The van der Waals surface area contributed by atoms with Gasteiger partial charge in [0.2, 0.25) is 5.91 Å². The first-order valence-electron chi connectivity index (χ1n) is 5.88. The van der Waals surface area contributed by atoms with Crippen molar-refractivity contribution in [2.24, 2.45) is 5.41 Å². The minimum atomic E-state index is -0.184. The number of carbonyl (C=O) groups excluding carboxylic acids is 1. The Morgan fingerprint density at radius 3 is 2.50 bits per heavy atom. The summed E-state index contributed by atoms with van der Waals surface area (Å²) >= 11 is 0. The molecule has 1 aliphatic rings. The average molecular weight is 223 g/mol. The van der Waals surface area contributed by atoms with Crippen LogP contribution in [0, 0.1) is 16.7 Å². The highest BCUT2D eigenvalue weighted by Gasteiger charge is 2.30. The Balaban J connectivity index is 2.38. The molecule has 0 bridgehead atoms. The van der Waals surface area contributed by atoms with Gasteiger partial charge in [-0.2, -0.15) is 5.26 Å². The lowest BCUT2D eigenvalue weighted by Gasteiger charge is -2.35. The molecule has 0 atom stereocenters. The van der Waals surface area contributed by atoms with Crippen LogP contribution < -0.4 is 0 Å². The van der Waals surface area contributed by atoms with E-state index in [2.05, 4.69) is 11.0 Å². The highest BCUT2D eigenvalue weighted by molar-refractivity contribution is 5.77. The lowest BCUT2D eigenvalue weighted by atomic mass is 9.82. The van der Waals surface area contributed by atoms with Gasteiger partial charge in [-0.05, 0) is 26.7 Å². The average Bonchev–Trinajstić information content (AvgIpc) is 2.31. The fraction of sp³-hybridized carbons (Fsp3) is 0.833. The number of likely N-dealkylation sites (N-methyl/N-ethyl adjacent to an activating group) is 1. The number of hydrogen-bond acceptors (Lipinski definition) is 3. The third-order valence-electron chi connectivity index (χ3n) is 3.49. The lowest BCUT2D eigenvalue weighted by Crippen LogP contribution is -2.44. The summed E-state index contributed by atoms with van der Waals surface area (Å²) in [4.78, 5) is 15.6. The Morgan fingerprint density at radius 2 is 2.06 bits per heavy atom. The SMILES string of the molecule is CCN(C)C(=O)CN1CCC(C)(C#N)CC1. The molecule has 4 nitrogen and oxygen atoms in total. The standard InChI is InChI=1S/C12H21N3O/c1-4-14(3)11(16)9-15-7-5-12(2,10-13)6-8-15/h4-9H2,1-3H3. The number of amides is 1. The predicted octanol–water partition coefficient (Wildman–Crippen LogP) is 1.09. The number of hydrogen-bond donors (Lipinski definition) is 0. The van der Waals surface area contributed by atoms with E-state index < -0.39 is 0 Å². The molecule has 0 aliphatic carbocycles. The van der Waals surface area contributed by atoms with Gasteiger partial charge in [0.05, 0.1) is 18.0 Å². The van der Waals surface area contributed by atoms with Crippen molar-refractivity contribution in [2.45, 2.75) is 26.7 Å². The summed E-state index contributed by atoms with van der Waals surface area (Å²) in [5.74, 6) is 0.170. The van der Waals surface area contributed by atoms with Crippen molar-refractivity contribution in [1.29, 1.82) is 5.26 Å². The predicted molar refractivity (Wildman–Crippen MR) is 62.7 cm³/mol. The Bertz CT molecular complexity index is 287. The maximum Gasteiger partial charge on any atom is 0.236 e. The van der Waals surface area contributed by atoms with E-state index in [0.717, 1.165) is 32.5 Å². The van der Waals surface area contributed by atoms with E-state index in [-0.39, 0.29) is 11.3 Å². The molecule has 0 saturated carbocycles. The first-order valence-corrected chi connectivity index (χ1v) is 5.88. The zero-order valence-electron chi connectivity index (χ0n) is 10.5. The van der Waals surface area contributed by atoms with Crippen LogP contribution in [0.5, 0.6) is 0 Å². The van der Waals surface area contributed by atoms with Crippen LogP contribution in [-0.2, 0) is 4.79 Å². The highest BCUT2D eigenvalue weighted by Crippen LogP contribution is 2.29. The normalized spacial score (nSPS) is 20.1. The fourth-order valence-corrected chi connectivity index (χ4v) is 1.80. The van der Waals surface area contributed by atoms with E-state index in [0.29, 0.717) is 6.54 Å². The van der Waals surface area contributed by atoms with Crippen LogP contribution in [0.1, 0.15) is 26.7 Å². The largest absolute Gasteiger partial charge is 0.345 e. The van der Waals surface area contributed by atoms with E-state index in [9.17, 15) is 4.79 Å². The molecular weight excluding hydrogens is 202 g/mol.